The fraction of sp³-hybridized carbons (Fsp3) is 0. The number of nitrogens with zero attached hydrogens (tertiary/aromatic N) is 3. The highest BCUT2D eigenvalue weighted by atomic mass is 35.5. The Hall–Kier alpha value is -2.33. The Morgan fingerprint density at radius 3 is 2.58 bits per heavy atom. The van der Waals surface area contributed by atoms with Crippen LogP contribution in [0.2, 0.25) is 20.2 Å². The van der Waals surface area contributed by atoms with Crippen molar-refractivity contribution < 1.29 is 14.8 Å². The van der Waals surface area contributed by atoms with Crippen molar-refractivity contribution in [2.24, 2.45) is 5.10 Å². The summed E-state index contributed by atoms with van der Waals surface area (Å²) in [5, 5.41) is 23.7. The van der Waals surface area contributed by atoms with Gasteiger partial charge in [-0.25, -0.2) is 10.4 Å². The van der Waals surface area contributed by atoms with E-state index in [1.54, 1.807) is 0 Å². The molecule has 0 spiro atoms. The minimum absolute atomic E-state index is 0.00996. The number of carbonyl (C=O) groups excluding carboxylic acids is 1. The molecule has 0 saturated carbocycles. The number of amides is 1. The van der Waals surface area contributed by atoms with Crippen LogP contribution in [0.25, 0.3) is 0 Å². The summed E-state index contributed by atoms with van der Waals surface area (Å²) in [6.45, 7) is 0. The van der Waals surface area contributed by atoms with Gasteiger partial charge in [0.05, 0.1) is 21.8 Å². The van der Waals surface area contributed by atoms with Gasteiger partial charge in [-0.1, -0.05) is 46.4 Å². The van der Waals surface area contributed by atoms with Crippen LogP contribution in [-0.4, -0.2) is 27.1 Å². The average molecular weight is 439 g/mol. The van der Waals surface area contributed by atoms with Gasteiger partial charge in [-0.3, -0.25) is 14.9 Å². The molecule has 4 N–H and O–H groups in total. The molecule has 0 bridgehead atoms. The number of phenols is 1. The van der Waals surface area contributed by atoms with Crippen LogP contribution in [-0.2, 0) is 0 Å². The zero-order valence-corrected chi connectivity index (χ0v) is 15.4. The lowest BCUT2D eigenvalue weighted by Gasteiger charge is -2.07. The number of anilines is 1. The number of nitrogens with two attached hydrogens (primary N) is 1. The number of nitrogens with one attached hydrogen (secondary N) is 1. The van der Waals surface area contributed by atoms with Gasteiger partial charge in [-0.2, -0.15) is 5.10 Å². The van der Waals surface area contributed by atoms with E-state index in [4.69, 9.17) is 52.1 Å². The predicted octanol–water partition coefficient (Wildman–Crippen LogP) is 3.66. The fourth-order valence-corrected chi connectivity index (χ4v) is 2.55. The van der Waals surface area contributed by atoms with Gasteiger partial charge >= 0.3 is 5.69 Å². The number of nitro groups is 1. The first-order valence-corrected chi connectivity index (χ1v) is 7.95. The lowest BCUT2D eigenvalue weighted by molar-refractivity contribution is -0.385. The Morgan fingerprint density at radius 2 is 1.96 bits per heavy atom. The van der Waals surface area contributed by atoms with Gasteiger partial charge in [0.2, 0.25) is 5.75 Å². The smallest absolute Gasteiger partial charge is 0.312 e. The molecular weight excluding hydrogens is 432 g/mol. The molecule has 0 unspecified atom stereocenters. The highest BCUT2D eigenvalue weighted by Gasteiger charge is 2.20. The van der Waals surface area contributed by atoms with Gasteiger partial charge in [0.1, 0.15) is 5.02 Å². The SMILES string of the molecule is Nc1c(Cl)c(Cl)nc(C(=O)N/N=C/c2cc(Cl)cc([N+](=O)[O-])c2O)c1Cl. The van der Waals surface area contributed by atoms with Crippen molar-refractivity contribution in [2.45, 2.75) is 0 Å². The van der Waals surface area contributed by atoms with Gasteiger partial charge in [0.15, 0.2) is 10.8 Å². The van der Waals surface area contributed by atoms with Crippen LogP contribution in [0.1, 0.15) is 16.1 Å². The van der Waals surface area contributed by atoms with Crippen molar-refractivity contribution in [1.29, 1.82) is 0 Å². The lowest BCUT2D eigenvalue weighted by atomic mass is 10.2. The van der Waals surface area contributed by atoms with E-state index in [1.807, 2.05) is 0 Å². The number of phenolic OH excluding ortho intramolecular Hbond substituents is 1. The minimum Gasteiger partial charge on any atom is -0.502 e. The Morgan fingerprint density at radius 1 is 1.31 bits per heavy atom. The van der Waals surface area contributed by atoms with E-state index in [-0.39, 0.29) is 37.2 Å². The first-order valence-electron chi connectivity index (χ1n) is 6.43. The molecule has 0 aliphatic rings. The molecule has 0 aliphatic heterocycles. The third-order valence-electron chi connectivity index (χ3n) is 2.94. The number of nitro benzene ring substituents is 1. The zero-order valence-electron chi connectivity index (χ0n) is 12.3. The maximum absolute atomic E-state index is 12.1. The highest BCUT2D eigenvalue weighted by molar-refractivity contribution is 6.46. The number of hydrazone groups is 1. The quantitative estimate of drug-likeness (QED) is 0.287. The third-order valence-corrected chi connectivity index (χ3v) is 4.29. The van der Waals surface area contributed by atoms with Gasteiger partial charge < -0.3 is 10.8 Å². The van der Waals surface area contributed by atoms with Gasteiger partial charge in [-0.05, 0) is 6.07 Å². The first-order chi connectivity index (χ1) is 12.1. The maximum atomic E-state index is 12.1. The van der Waals surface area contributed by atoms with Crippen LogP contribution in [0.4, 0.5) is 11.4 Å². The number of hydrogen-bond acceptors (Lipinski definition) is 7. The minimum atomic E-state index is -0.882. The topological polar surface area (TPSA) is 144 Å². The number of benzene rings is 1. The summed E-state index contributed by atoms with van der Waals surface area (Å²) in [5.74, 6) is -1.56. The third kappa shape index (κ3) is 4.07. The van der Waals surface area contributed by atoms with Gasteiger partial charge in [0.25, 0.3) is 5.91 Å². The van der Waals surface area contributed by atoms with Crippen LogP contribution < -0.4 is 11.2 Å². The molecule has 1 heterocycles. The Labute approximate surface area is 165 Å². The number of carbonyl (C=O) groups is 1. The molecule has 0 fully saturated rings. The van der Waals surface area contributed by atoms with E-state index in [1.165, 1.54) is 6.07 Å². The normalized spacial score (nSPS) is 10.9. The largest absolute Gasteiger partial charge is 0.502 e. The van der Waals surface area contributed by atoms with Crippen molar-refractivity contribution in [1.82, 2.24) is 10.4 Å². The second kappa shape index (κ2) is 7.92. The molecule has 0 radical (unpaired) electrons. The number of nitrogen functional groups attached to an aromatic ring is 1. The van der Waals surface area contributed by atoms with Crippen LogP contribution >= 0.6 is 46.4 Å². The van der Waals surface area contributed by atoms with Crippen molar-refractivity contribution in [3.8, 4) is 5.75 Å². The monoisotopic (exact) mass is 437 g/mol. The zero-order chi connectivity index (χ0) is 19.6. The van der Waals surface area contributed by atoms with E-state index in [0.29, 0.717) is 0 Å². The standard InChI is InChI=1S/C13H7Cl4N5O4/c14-5-1-4(11(23)6(2-5)22(25)26)3-19-21-13(24)10-7(15)9(18)8(16)12(17)20-10/h1-3,23H,(H2,18,20)(H,21,24)/b19-3+. The molecular formula is C13H7Cl4N5O4. The fourth-order valence-electron chi connectivity index (χ4n) is 1.74. The predicted molar refractivity (Wildman–Crippen MR) is 98.5 cm³/mol. The van der Waals surface area contributed by atoms with Gasteiger partial charge in [-0.15, -0.1) is 0 Å². The first kappa shape index (κ1) is 20.0. The number of aromatic hydroxyl groups is 1. The van der Waals surface area contributed by atoms with E-state index in [9.17, 15) is 20.0 Å². The molecule has 2 rings (SSSR count). The number of pyridine rings is 1. The molecule has 26 heavy (non-hydrogen) atoms. The summed E-state index contributed by atoms with van der Waals surface area (Å²) < 4.78 is 0. The second-order valence-corrected chi connectivity index (χ2v) is 6.16. The molecule has 1 aromatic carbocycles. The molecule has 9 nitrogen and oxygen atoms in total. The summed E-state index contributed by atoms with van der Waals surface area (Å²) in [4.78, 5) is 25.8. The Balaban J connectivity index is 2.27. The molecule has 0 saturated heterocycles. The van der Waals surface area contributed by atoms with Crippen molar-refractivity contribution >= 4 is 69.9 Å². The molecule has 1 amide bonds. The summed E-state index contributed by atoms with van der Waals surface area (Å²) in [7, 11) is 0. The Kier molecular flexibility index (Phi) is 6.09. The van der Waals surface area contributed by atoms with Crippen LogP contribution in [0.5, 0.6) is 5.75 Å². The van der Waals surface area contributed by atoms with Crippen LogP contribution in [0.15, 0.2) is 17.2 Å². The Bertz CT molecular complexity index is 951. The van der Waals surface area contributed by atoms with Crippen molar-refractivity contribution in [3.05, 3.63) is 53.7 Å². The van der Waals surface area contributed by atoms with E-state index >= 15 is 0 Å². The highest BCUT2D eigenvalue weighted by Crippen LogP contribution is 2.34. The molecule has 0 aliphatic carbocycles. The van der Waals surface area contributed by atoms with Crippen LogP contribution in [0, 0.1) is 10.1 Å². The van der Waals surface area contributed by atoms with Crippen molar-refractivity contribution in [3.63, 3.8) is 0 Å². The summed E-state index contributed by atoms with van der Waals surface area (Å²) in [6.07, 6.45) is 0.945. The molecule has 136 valence electrons. The molecule has 2 aromatic rings. The van der Waals surface area contributed by atoms with E-state index < -0.39 is 22.3 Å². The molecule has 1 aromatic heterocycles. The number of hydrogen-bond donors (Lipinski definition) is 3. The number of rotatable bonds is 4. The van der Waals surface area contributed by atoms with Crippen LogP contribution in [0.3, 0.4) is 0 Å². The summed E-state index contributed by atoms with van der Waals surface area (Å²) in [5.41, 5.74) is 6.48. The summed E-state index contributed by atoms with van der Waals surface area (Å²) >= 11 is 23.1. The van der Waals surface area contributed by atoms with Gasteiger partial charge in [0, 0.05) is 16.7 Å². The number of aromatic nitrogens is 1. The lowest BCUT2D eigenvalue weighted by Crippen LogP contribution is -2.20. The summed E-state index contributed by atoms with van der Waals surface area (Å²) in [6, 6.07) is 2.18. The second-order valence-electron chi connectivity index (χ2n) is 4.61. The molecule has 13 heteroatoms. The average Bonchev–Trinajstić information content (AvgIpc) is 2.58. The van der Waals surface area contributed by atoms with E-state index in [2.05, 4.69) is 15.5 Å². The maximum Gasteiger partial charge on any atom is 0.312 e. The molecule has 0 atom stereocenters. The van der Waals surface area contributed by atoms with Crippen molar-refractivity contribution in [2.75, 3.05) is 5.73 Å². The number of halogens is 4. The van der Waals surface area contributed by atoms with E-state index in [0.717, 1.165) is 12.3 Å².